The number of anilines is 1. The van der Waals surface area contributed by atoms with Crippen LogP contribution >= 0.6 is 11.6 Å². The number of rotatable bonds is 3. The third-order valence-corrected chi connectivity index (χ3v) is 4.75. The van der Waals surface area contributed by atoms with Gasteiger partial charge in [-0.25, -0.2) is 8.42 Å². The smallest absolute Gasteiger partial charge is 0.280 e. The van der Waals surface area contributed by atoms with Crippen molar-refractivity contribution >= 4 is 27.3 Å². The summed E-state index contributed by atoms with van der Waals surface area (Å²) in [5, 5.41) is 0.310. The summed E-state index contributed by atoms with van der Waals surface area (Å²) in [6, 6.07) is 8.31. The topological polar surface area (TPSA) is 46.2 Å². The molecule has 0 radical (unpaired) electrons. The molecule has 0 spiro atoms. The van der Waals surface area contributed by atoms with Crippen LogP contribution in [0.25, 0.3) is 0 Å². The first-order valence-corrected chi connectivity index (χ1v) is 7.92. The molecule has 3 nitrogen and oxygen atoms in total. The second-order valence-corrected chi connectivity index (χ2v) is 6.62. The zero-order valence-corrected chi connectivity index (χ0v) is 12.9. The molecule has 0 unspecified atom stereocenters. The molecule has 2 aromatic rings. The molecule has 0 fully saturated rings. The lowest BCUT2D eigenvalue weighted by Gasteiger charge is -2.14. The summed E-state index contributed by atoms with van der Waals surface area (Å²) >= 11 is 5.88. The molecule has 2 aromatic carbocycles. The molecule has 0 saturated carbocycles. The molecule has 0 saturated heterocycles. The van der Waals surface area contributed by atoms with Crippen molar-refractivity contribution in [1.29, 1.82) is 0 Å². The van der Waals surface area contributed by atoms with Gasteiger partial charge in [0.1, 0.15) is 0 Å². The van der Waals surface area contributed by atoms with Crippen LogP contribution < -0.4 is 4.72 Å². The first kappa shape index (κ1) is 16.6. The van der Waals surface area contributed by atoms with Gasteiger partial charge in [-0.1, -0.05) is 29.8 Å². The Labute approximate surface area is 130 Å². The molecule has 0 bridgehead atoms. The fourth-order valence-electron chi connectivity index (χ4n) is 1.80. The second-order valence-electron chi connectivity index (χ2n) is 4.56. The number of halogens is 4. The summed E-state index contributed by atoms with van der Waals surface area (Å²) in [5.41, 5.74) is -0.409. The molecule has 0 aromatic heterocycles. The number of aryl methyl sites for hydroxylation is 1. The Hall–Kier alpha value is -1.73. The van der Waals surface area contributed by atoms with Crippen LogP contribution in [0.2, 0.25) is 5.02 Å². The van der Waals surface area contributed by atoms with E-state index in [2.05, 4.69) is 4.72 Å². The van der Waals surface area contributed by atoms with E-state index in [0.29, 0.717) is 5.02 Å². The standard InChI is InChI=1S/C14H11ClF3NO2S/c1-9-6-7-10(8-12(9)15)19-22(20,21)13-5-3-2-4-11(13)14(16,17)18/h2-8,19H,1H3. The SMILES string of the molecule is Cc1ccc(NS(=O)(=O)c2ccccc2C(F)(F)F)cc1Cl. The summed E-state index contributed by atoms with van der Waals surface area (Å²) in [6.07, 6.45) is -4.77. The second kappa shape index (κ2) is 5.81. The normalized spacial score (nSPS) is 12.2. The van der Waals surface area contributed by atoms with Crippen LogP contribution in [0.5, 0.6) is 0 Å². The molecule has 0 amide bonds. The van der Waals surface area contributed by atoms with Crippen LogP contribution in [0.3, 0.4) is 0 Å². The van der Waals surface area contributed by atoms with Crippen molar-refractivity contribution in [2.45, 2.75) is 18.0 Å². The highest BCUT2D eigenvalue weighted by Crippen LogP contribution is 2.34. The molecule has 0 atom stereocenters. The molecular weight excluding hydrogens is 339 g/mol. The maximum absolute atomic E-state index is 12.9. The van der Waals surface area contributed by atoms with Crippen molar-refractivity contribution in [3.63, 3.8) is 0 Å². The van der Waals surface area contributed by atoms with Gasteiger partial charge in [0.25, 0.3) is 10.0 Å². The van der Waals surface area contributed by atoms with Gasteiger partial charge in [-0.2, -0.15) is 13.2 Å². The zero-order chi connectivity index (χ0) is 16.5. The first-order chi connectivity index (χ1) is 10.1. The van der Waals surface area contributed by atoms with Crippen LogP contribution in [0.1, 0.15) is 11.1 Å². The average molecular weight is 350 g/mol. The molecule has 118 valence electrons. The number of hydrogen-bond acceptors (Lipinski definition) is 2. The molecule has 0 aliphatic rings. The van der Waals surface area contributed by atoms with Crippen molar-refractivity contribution in [2.75, 3.05) is 4.72 Å². The predicted octanol–water partition coefficient (Wildman–Crippen LogP) is 4.47. The van der Waals surface area contributed by atoms with Crippen molar-refractivity contribution in [3.05, 3.63) is 58.6 Å². The summed E-state index contributed by atoms with van der Waals surface area (Å²) < 4.78 is 65.3. The minimum atomic E-state index is -4.77. The zero-order valence-electron chi connectivity index (χ0n) is 11.3. The molecule has 1 N–H and O–H groups in total. The van der Waals surface area contributed by atoms with Gasteiger partial charge in [-0.05, 0) is 36.8 Å². The summed E-state index contributed by atoms with van der Waals surface area (Å²) in [5.74, 6) is 0. The van der Waals surface area contributed by atoms with E-state index in [1.807, 2.05) is 0 Å². The number of nitrogens with one attached hydrogen (secondary N) is 1. The fraction of sp³-hybridized carbons (Fsp3) is 0.143. The van der Waals surface area contributed by atoms with E-state index in [0.717, 1.165) is 23.8 Å². The van der Waals surface area contributed by atoms with E-state index < -0.39 is 26.7 Å². The van der Waals surface area contributed by atoms with Crippen molar-refractivity contribution < 1.29 is 21.6 Å². The molecule has 2 rings (SSSR count). The van der Waals surface area contributed by atoms with E-state index in [9.17, 15) is 21.6 Å². The van der Waals surface area contributed by atoms with Crippen LogP contribution in [-0.2, 0) is 16.2 Å². The van der Waals surface area contributed by atoms with Gasteiger partial charge in [0.15, 0.2) is 0 Å². The number of benzene rings is 2. The van der Waals surface area contributed by atoms with Gasteiger partial charge < -0.3 is 0 Å². The van der Waals surface area contributed by atoms with E-state index >= 15 is 0 Å². The molecule has 0 aliphatic heterocycles. The van der Waals surface area contributed by atoms with Crippen molar-refractivity contribution in [1.82, 2.24) is 0 Å². The lowest BCUT2D eigenvalue weighted by molar-refractivity contribution is -0.139. The first-order valence-electron chi connectivity index (χ1n) is 6.06. The Balaban J connectivity index is 2.45. The lowest BCUT2D eigenvalue weighted by Crippen LogP contribution is -2.18. The highest BCUT2D eigenvalue weighted by Gasteiger charge is 2.36. The van der Waals surface area contributed by atoms with Crippen LogP contribution in [0, 0.1) is 6.92 Å². The largest absolute Gasteiger partial charge is 0.417 e. The summed E-state index contributed by atoms with van der Waals surface area (Å²) in [7, 11) is -4.39. The van der Waals surface area contributed by atoms with Gasteiger partial charge in [-0.3, -0.25) is 4.72 Å². The van der Waals surface area contributed by atoms with Gasteiger partial charge in [-0.15, -0.1) is 0 Å². The van der Waals surface area contributed by atoms with Crippen LogP contribution in [0.15, 0.2) is 47.4 Å². The summed E-state index contributed by atoms with van der Waals surface area (Å²) in [6.45, 7) is 1.72. The maximum Gasteiger partial charge on any atom is 0.417 e. The quantitative estimate of drug-likeness (QED) is 0.888. The Kier molecular flexibility index (Phi) is 4.39. The highest BCUT2D eigenvalue weighted by molar-refractivity contribution is 7.92. The van der Waals surface area contributed by atoms with E-state index in [4.69, 9.17) is 11.6 Å². The molecule has 22 heavy (non-hydrogen) atoms. The van der Waals surface area contributed by atoms with Gasteiger partial charge in [0.2, 0.25) is 0 Å². The summed E-state index contributed by atoms with van der Waals surface area (Å²) in [4.78, 5) is -0.834. The van der Waals surface area contributed by atoms with Gasteiger partial charge in [0.05, 0.1) is 16.1 Å². The number of hydrogen-bond donors (Lipinski definition) is 1. The lowest BCUT2D eigenvalue weighted by atomic mass is 10.2. The molecular formula is C14H11ClF3NO2S. The molecule has 8 heteroatoms. The third kappa shape index (κ3) is 3.53. The maximum atomic E-state index is 12.9. The Bertz CT molecular complexity index is 804. The van der Waals surface area contributed by atoms with Gasteiger partial charge in [0, 0.05) is 5.02 Å². The predicted molar refractivity (Wildman–Crippen MR) is 78.4 cm³/mol. The van der Waals surface area contributed by atoms with Crippen LogP contribution in [-0.4, -0.2) is 8.42 Å². The van der Waals surface area contributed by atoms with Gasteiger partial charge >= 0.3 is 6.18 Å². The van der Waals surface area contributed by atoms with Crippen molar-refractivity contribution in [3.8, 4) is 0 Å². The monoisotopic (exact) mass is 349 g/mol. The Morgan fingerprint density at radius 3 is 2.32 bits per heavy atom. The molecule has 0 aliphatic carbocycles. The van der Waals surface area contributed by atoms with Crippen molar-refractivity contribution in [2.24, 2.45) is 0 Å². The third-order valence-electron chi connectivity index (χ3n) is 2.91. The average Bonchev–Trinajstić information content (AvgIpc) is 2.42. The fourth-order valence-corrected chi connectivity index (χ4v) is 3.26. The number of sulfonamides is 1. The minimum absolute atomic E-state index is 0.0903. The Morgan fingerprint density at radius 2 is 1.73 bits per heavy atom. The highest BCUT2D eigenvalue weighted by atomic mass is 35.5. The van der Waals surface area contributed by atoms with Crippen LogP contribution in [0.4, 0.5) is 18.9 Å². The Morgan fingerprint density at radius 1 is 1.09 bits per heavy atom. The van der Waals surface area contributed by atoms with E-state index in [1.54, 1.807) is 13.0 Å². The van der Waals surface area contributed by atoms with E-state index in [-0.39, 0.29) is 5.69 Å². The molecule has 0 heterocycles. The van der Waals surface area contributed by atoms with E-state index in [1.165, 1.54) is 18.2 Å². The number of alkyl halides is 3. The minimum Gasteiger partial charge on any atom is -0.280 e.